The van der Waals surface area contributed by atoms with Crippen molar-refractivity contribution in [2.45, 2.75) is 38.6 Å². The first-order valence-electron chi connectivity index (χ1n) is 10.2. The Kier molecular flexibility index (Phi) is 7.69. The second-order valence-corrected chi connectivity index (χ2v) is 7.91. The normalized spacial score (nSPS) is 14.4. The van der Waals surface area contributed by atoms with Crippen molar-refractivity contribution in [2.24, 2.45) is 0 Å². The number of ether oxygens (including phenoxy) is 1. The van der Waals surface area contributed by atoms with Crippen LogP contribution in [-0.2, 0) is 4.79 Å². The van der Waals surface area contributed by atoms with Crippen molar-refractivity contribution >= 4 is 23.4 Å². The molecule has 5 nitrogen and oxygen atoms in total. The zero-order valence-corrected chi connectivity index (χ0v) is 17.8. The lowest BCUT2D eigenvalue weighted by molar-refractivity contribution is -0.132. The fourth-order valence-corrected chi connectivity index (χ4v) is 3.54. The van der Waals surface area contributed by atoms with Crippen LogP contribution in [0.15, 0.2) is 42.5 Å². The van der Waals surface area contributed by atoms with E-state index < -0.39 is 0 Å². The number of nitrogens with zero attached hydrogens (tertiary/aromatic N) is 1. The summed E-state index contributed by atoms with van der Waals surface area (Å²) in [7, 11) is 0. The van der Waals surface area contributed by atoms with Gasteiger partial charge in [-0.25, -0.2) is 4.39 Å². The molecular formula is C23H26ClFN2O3. The number of carbonyl (C=O) groups excluding carboxylic acids is 2. The lowest BCUT2D eigenvalue weighted by Crippen LogP contribution is -2.46. The van der Waals surface area contributed by atoms with Crippen molar-refractivity contribution in [1.29, 1.82) is 0 Å². The van der Waals surface area contributed by atoms with Crippen molar-refractivity contribution in [3.63, 3.8) is 0 Å². The summed E-state index contributed by atoms with van der Waals surface area (Å²) in [6.07, 6.45) is 2.49. The van der Waals surface area contributed by atoms with E-state index in [1.54, 1.807) is 6.07 Å². The number of rotatable bonds is 7. The molecule has 0 atom stereocenters. The predicted octanol–water partition coefficient (Wildman–Crippen LogP) is 4.37. The summed E-state index contributed by atoms with van der Waals surface area (Å²) >= 11 is 6.00. The fourth-order valence-electron chi connectivity index (χ4n) is 3.42. The summed E-state index contributed by atoms with van der Waals surface area (Å²) < 4.78 is 18.7. The van der Waals surface area contributed by atoms with Crippen molar-refractivity contribution in [3.8, 4) is 5.75 Å². The Morgan fingerprint density at radius 1 is 1.17 bits per heavy atom. The van der Waals surface area contributed by atoms with Crippen LogP contribution < -0.4 is 10.1 Å². The first kappa shape index (κ1) is 22.1. The SMILES string of the molecule is Cc1cc(OCCCC(=O)N2CCC(NC(=O)c3ccc(F)cc3)CC2)ccc1Cl. The predicted molar refractivity (Wildman–Crippen MR) is 114 cm³/mol. The summed E-state index contributed by atoms with van der Waals surface area (Å²) in [5, 5.41) is 3.67. The van der Waals surface area contributed by atoms with Crippen molar-refractivity contribution in [2.75, 3.05) is 19.7 Å². The number of piperidine rings is 1. The van der Waals surface area contributed by atoms with E-state index in [-0.39, 0.29) is 23.7 Å². The number of benzene rings is 2. The number of likely N-dealkylation sites (tertiary alicyclic amines) is 1. The molecule has 1 saturated heterocycles. The van der Waals surface area contributed by atoms with Crippen LogP contribution in [0.4, 0.5) is 4.39 Å². The van der Waals surface area contributed by atoms with Crippen molar-refractivity contribution in [3.05, 3.63) is 64.4 Å². The summed E-state index contributed by atoms with van der Waals surface area (Å²) in [5.74, 6) is 0.276. The van der Waals surface area contributed by atoms with Crippen LogP contribution in [0.2, 0.25) is 5.02 Å². The molecule has 1 heterocycles. The Hall–Kier alpha value is -2.60. The molecule has 7 heteroatoms. The van der Waals surface area contributed by atoms with Gasteiger partial charge in [0.2, 0.25) is 5.91 Å². The molecular weight excluding hydrogens is 407 g/mol. The van der Waals surface area contributed by atoms with E-state index in [2.05, 4.69) is 5.32 Å². The molecule has 1 fully saturated rings. The number of aryl methyl sites for hydroxylation is 1. The third kappa shape index (κ3) is 6.20. The van der Waals surface area contributed by atoms with Gasteiger partial charge in [0, 0.05) is 36.1 Å². The molecule has 30 heavy (non-hydrogen) atoms. The molecule has 1 N–H and O–H groups in total. The lowest BCUT2D eigenvalue weighted by atomic mass is 10.0. The van der Waals surface area contributed by atoms with Gasteiger partial charge in [-0.3, -0.25) is 9.59 Å². The largest absolute Gasteiger partial charge is 0.494 e. The smallest absolute Gasteiger partial charge is 0.251 e. The molecule has 0 spiro atoms. The maximum atomic E-state index is 13.0. The van der Waals surface area contributed by atoms with Gasteiger partial charge in [0.25, 0.3) is 5.91 Å². The first-order chi connectivity index (χ1) is 14.4. The summed E-state index contributed by atoms with van der Waals surface area (Å²) in [6, 6.07) is 11.0. The lowest BCUT2D eigenvalue weighted by Gasteiger charge is -2.32. The van der Waals surface area contributed by atoms with Gasteiger partial charge in [-0.05, 0) is 74.2 Å². The molecule has 0 saturated carbocycles. The molecule has 1 aliphatic heterocycles. The number of amides is 2. The Morgan fingerprint density at radius 2 is 1.87 bits per heavy atom. The number of hydrogen-bond acceptors (Lipinski definition) is 3. The summed E-state index contributed by atoms with van der Waals surface area (Å²) in [6.45, 7) is 3.62. The molecule has 2 amide bonds. The van der Waals surface area contributed by atoms with Crippen LogP contribution in [0.5, 0.6) is 5.75 Å². The zero-order valence-electron chi connectivity index (χ0n) is 17.0. The van der Waals surface area contributed by atoms with Gasteiger partial charge in [0.1, 0.15) is 11.6 Å². The van der Waals surface area contributed by atoms with E-state index in [0.717, 1.165) is 11.3 Å². The molecule has 1 aliphatic rings. The maximum absolute atomic E-state index is 13.0. The average Bonchev–Trinajstić information content (AvgIpc) is 2.74. The van der Waals surface area contributed by atoms with Crippen LogP contribution in [0.25, 0.3) is 0 Å². The molecule has 0 bridgehead atoms. The molecule has 2 aromatic carbocycles. The molecule has 2 aromatic rings. The third-order valence-electron chi connectivity index (χ3n) is 5.22. The minimum absolute atomic E-state index is 0.0167. The Bertz CT molecular complexity index is 881. The van der Waals surface area contributed by atoms with Crippen LogP contribution in [-0.4, -0.2) is 42.5 Å². The van der Waals surface area contributed by atoms with Gasteiger partial charge < -0.3 is 15.0 Å². The van der Waals surface area contributed by atoms with Crippen LogP contribution >= 0.6 is 11.6 Å². The Labute approximate surface area is 181 Å². The summed E-state index contributed by atoms with van der Waals surface area (Å²) in [5.41, 5.74) is 1.39. The van der Waals surface area contributed by atoms with E-state index >= 15 is 0 Å². The van der Waals surface area contributed by atoms with Gasteiger partial charge in [-0.15, -0.1) is 0 Å². The van der Waals surface area contributed by atoms with E-state index in [9.17, 15) is 14.0 Å². The van der Waals surface area contributed by atoms with Crippen LogP contribution in [0.1, 0.15) is 41.6 Å². The highest BCUT2D eigenvalue weighted by Crippen LogP contribution is 2.21. The summed E-state index contributed by atoms with van der Waals surface area (Å²) in [4.78, 5) is 26.5. The Balaban J connectivity index is 1.35. The topological polar surface area (TPSA) is 58.6 Å². The third-order valence-corrected chi connectivity index (χ3v) is 5.65. The highest BCUT2D eigenvalue weighted by molar-refractivity contribution is 6.31. The molecule has 0 aliphatic carbocycles. The van der Waals surface area contributed by atoms with Gasteiger partial charge >= 0.3 is 0 Å². The second-order valence-electron chi connectivity index (χ2n) is 7.50. The molecule has 0 radical (unpaired) electrons. The van der Waals surface area contributed by atoms with Crippen molar-refractivity contribution in [1.82, 2.24) is 10.2 Å². The molecule has 3 rings (SSSR count). The Morgan fingerprint density at radius 3 is 2.53 bits per heavy atom. The number of carbonyl (C=O) groups is 2. The maximum Gasteiger partial charge on any atom is 0.251 e. The monoisotopic (exact) mass is 432 g/mol. The minimum atomic E-state index is -0.368. The van der Waals surface area contributed by atoms with E-state index in [0.29, 0.717) is 56.0 Å². The van der Waals surface area contributed by atoms with E-state index in [4.69, 9.17) is 16.3 Å². The molecule has 160 valence electrons. The quantitative estimate of drug-likeness (QED) is 0.661. The van der Waals surface area contributed by atoms with Gasteiger partial charge in [-0.1, -0.05) is 11.6 Å². The fraction of sp³-hybridized carbons (Fsp3) is 0.391. The standard InChI is InChI=1S/C23H26ClFN2O3/c1-16-15-20(8-9-21(16)24)30-14-2-3-22(28)27-12-10-19(11-13-27)26-23(29)17-4-6-18(25)7-5-17/h4-9,15,19H,2-3,10-14H2,1H3,(H,26,29). The van der Waals surface area contributed by atoms with Gasteiger partial charge in [0.05, 0.1) is 6.61 Å². The average molecular weight is 433 g/mol. The van der Waals surface area contributed by atoms with Gasteiger partial charge in [-0.2, -0.15) is 0 Å². The highest BCUT2D eigenvalue weighted by Gasteiger charge is 2.23. The highest BCUT2D eigenvalue weighted by atomic mass is 35.5. The minimum Gasteiger partial charge on any atom is -0.494 e. The zero-order chi connectivity index (χ0) is 21.5. The molecule has 0 aromatic heterocycles. The van der Waals surface area contributed by atoms with Gasteiger partial charge in [0.15, 0.2) is 0 Å². The number of hydrogen-bond donors (Lipinski definition) is 1. The number of nitrogens with one attached hydrogen (secondary N) is 1. The van der Waals surface area contributed by atoms with Crippen molar-refractivity contribution < 1.29 is 18.7 Å². The van der Waals surface area contributed by atoms with Crippen LogP contribution in [0, 0.1) is 12.7 Å². The number of halogens is 2. The first-order valence-corrected chi connectivity index (χ1v) is 10.5. The van der Waals surface area contributed by atoms with E-state index in [1.165, 1.54) is 24.3 Å². The van der Waals surface area contributed by atoms with E-state index in [1.807, 2.05) is 24.0 Å². The molecule has 0 unspecified atom stereocenters. The van der Waals surface area contributed by atoms with Crippen LogP contribution in [0.3, 0.4) is 0 Å². The second kappa shape index (κ2) is 10.4.